The van der Waals surface area contributed by atoms with E-state index in [1.165, 1.54) is 0 Å². The van der Waals surface area contributed by atoms with Crippen LogP contribution < -0.4 is 10.1 Å². The van der Waals surface area contributed by atoms with Crippen LogP contribution in [-0.4, -0.2) is 55.9 Å². The molecule has 1 N–H and O–H groups in total. The monoisotopic (exact) mass is 368 g/mol. The molecular formula is C20H24N4O3. The number of hydrogen-bond donors (Lipinski definition) is 1. The summed E-state index contributed by atoms with van der Waals surface area (Å²) in [5.41, 5.74) is 1.26. The number of aromatic nitrogens is 1. The van der Waals surface area contributed by atoms with Gasteiger partial charge in [0.05, 0.1) is 19.8 Å². The molecule has 1 aromatic carbocycles. The molecule has 1 saturated heterocycles. The molecule has 27 heavy (non-hydrogen) atoms. The van der Waals surface area contributed by atoms with E-state index in [0.29, 0.717) is 24.9 Å². The molecule has 0 radical (unpaired) electrons. The predicted octanol–water partition coefficient (Wildman–Crippen LogP) is 2.86. The number of nitrogens with one attached hydrogen (secondary N) is 1. The summed E-state index contributed by atoms with van der Waals surface area (Å²) in [7, 11) is 0. The lowest BCUT2D eigenvalue weighted by Crippen LogP contribution is -2.39. The predicted molar refractivity (Wildman–Crippen MR) is 104 cm³/mol. The second kappa shape index (κ2) is 9.76. The number of ether oxygens (including phenoxy) is 2. The summed E-state index contributed by atoms with van der Waals surface area (Å²) < 4.78 is 16.4. The van der Waals surface area contributed by atoms with Crippen LogP contribution in [0.2, 0.25) is 0 Å². The molecule has 7 heteroatoms. The summed E-state index contributed by atoms with van der Waals surface area (Å²) in [4.78, 5) is 6.53. The molecule has 0 aliphatic carbocycles. The molecule has 2 aromatic rings. The fourth-order valence-electron chi connectivity index (χ4n) is 2.77. The summed E-state index contributed by atoms with van der Waals surface area (Å²) in [6.07, 6.45) is 3.64. The Hall–Kier alpha value is -2.82. The van der Waals surface area contributed by atoms with E-state index in [0.717, 1.165) is 44.2 Å². The van der Waals surface area contributed by atoms with Gasteiger partial charge in [0.25, 0.3) is 0 Å². The first-order chi connectivity index (χ1) is 13.3. The third-order valence-electron chi connectivity index (χ3n) is 4.18. The van der Waals surface area contributed by atoms with Crippen LogP contribution in [0.4, 0.5) is 5.88 Å². The van der Waals surface area contributed by atoms with Crippen molar-refractivity contribution in [3.05, 3.63) is 41.4 Å². The first-order valence-electron chi connectivity index (χ1n) is 9.14. The van der Waals surface area contributed by atoms with Crippen LogP contribution in [0.3, 0.4) is 0 Å². The zero-order valence-electron chi connectivity index (χ0n) is 15.5. The molecule has 3 rings (SSSR count). The van der Waals surface area contributed by atoms with E-state index in [9.17, 15) is 5.26 Å². The minimum absolute atomic E-state index is 0.267. The molecule has 0 atom stereocenters. The van der Waals surface area contributed by atoms with Crippen molar-refractivity contribution in [1.82, 2.24) is 9.88 Å². The Kier molecular flexibility index (Phi) is 6.85. The van der Waals surface area contributed by atoms with E-state index in [1.807, 2.05) is 37.3 Å². The number of rotatable bonds is 8. The number of oxazole rings is 1. The maximum atomic E-state index is 9.27. The van der Waals surface area contributed by atoms with Gasteiger partial charge in [-0.3, -0.25) is 4.90 Å². The highest BCUT2D eigenvalue weighted by molar-refractivity contribution is 5.67. The second-order valence-electron chi connectivity index (χ2n) is 6.06. The average molecular weight is 368 g/mol. The van der Waals surface area contributed by atoms with Crippen LogP contribution in [0.15, 0.2) is 28.7 Å². The number of morpholine rings is 1. The van der Waals surface area contributed by atoms with E-state index < -0.39 is 0 Å². The van der Waals surface area contributed by atoms with Crippen molar-refractivity contribution < 1.29 is 13.9 Å². The van der Waals surface area contributed by atoms with Gasteiger partial charge in [0.15, 0.2) is 0 Å². The summed E-state index contributed by atoms with van der Waals surface area (Å²) in [6.45, 7) is 7.55. The van der Waals surface area contributed by atoms with Crippen LogP contribution in [0, 0.1) is 11.3 Å². The Balaban J connectivity index is 1.57. The molecule has 1 aromatic heterocycles. The maximum Gasteiger partial charge on any atom is 0.232 e. The molecular weight excluding hydrogens is 344 g/mol. The topological polar surface area (TPSA) is 83.5 Å². The number of hydrogen-bond acceptors (Lipinski definition) is 7. The first-order valence-corrected chi connectivity index (χ1v) is 9.14. The van der Waals surface area contributed by atoms with Crippen LogP contribution in [-0.2, 0) is 4.74 Å². The van der Waals surface area contributed by atoms with Crippen LogP contribution in [0.25, 0.3) is 12.2 Å². The third-order valence-corrected chi connectivity index (χ3v) is 4.18. The molecule has 0 unspecified atom stereocenters. The van der Waals surface area contributed by atoms with E-state index in [2.05, 4.69) is 21.3 Å². The van der Waals surface area contributed by atoms with Crippen LogP contribution >= 0.6 is 0 Å². The van der Waals surface area contributed by atoms with Gasteiger partial charge in [0.2, 0.25) is 17.5 Å². The Morgan fingerprint density at radius 3 is 2.74 bits per heavy atom. The highest BCUT2D eigenvalue weighted by Crippen LogP contribution is 2.19. The van der Waals surface area contributed by atoms with Crippen molar-refractivity contribution in [2.45, 2.75) is 6.92 Å². The minimum Gasteiger partial charge on any atom is -0.494 e. The number of anilines is 1. The molecule has 7 nitrogen and oxygen atoms in total. The van der Waals surface area contributed by atoms with Crippen LogP contribution in [0.1, 0.15) is 24.1 Å². The zero-order valence-corrected chi connectivity index (χ0v) is 15.5. The minimum atomic E-state index is 0.267. The van der Waals surface area contributed by atoms with E-state index in [1.54, 1.807) is 6.08 Å². The fraction of sp³-hybridized carbons (Fsp3) is 0.400. The molecule has 0 saturated carbocycles. The first kappa shape index (κ1) is 19.0. The van der Waals surface area contributed by atoms with Gasteiger partial charge >= 0.3 is 0 Å². The number of nitrogens with zero attached hydrogens (tertiary/aromatic N) is 3. The zero-order chi connectivity index (χ0) is 18.9. The Morgan fingerprint density at radius 1 is 1.26 bits per heavy atom. The highest BCUT2D eigenvalue weighted by Gasteiger charge is 2.13. The van der Waals surface area contributed by atoms with Crippen LogP contribution in [0.5, 0.6) is 5.75 Å². The molecule has 1 fully saturated rings. The quantitative estimate of drug-likeness (QED) is 0.767. The Morgan fingerprint density at radius 2 is 2.04 bits per heavy atom. The van der Waals surface area contributed by atoms with Gasteiger partial charge in [0.1, 0.15) is 11.8 Å². The maximum absolute atomic E-state index is 9.27. The standard InChI is InChI=1S/C20H24N4O3/c1-2-26-17-6-3-16(4-7-17)5-8-19-23-18(15-21)20(27-19)22-9-10-24-11-13-25-14-12-24/h3-8,22H,2,9-14H2,1H3/b8-5+. The van der Waals surface area contributed by atoms with E-state index in [4.69, 9.17) is 13.9 Å². The molecule has 0 spiro atoms. The summed E-state index contributed by atoms with van der Waals surface area (Å²) in [5.74, 6) is 1.65. The van der Waals surface area contributed by atoms with Gasteiger partial charge in [0, 0.05) is 32.3 Å². The molecule has 2 heterocycles. The van der Waals surface area contributed by atoms with Crippen molar-refractivity contribution in [2.24, 2.45) is 0 Å². The summed E-state index contributed by atoms with van der Waals surface area (Å²) in [6, 6.07) is 9.81. The smallest absolute Gasteiger partial charge is 0.232 e. The van der Waals surface area contributed by atoms with Gasteiger partial charge in [-0.25, -0.2) is 0 Å². The lowest BCUT2D eigenvalue weighted by Gasteiger charge is -2.26. The molecule has 0 amide bonds. The molecule has 1 aliphatic heterocycles. The van der Waals surface area contributed by atoms with Crippen molar-refractivity contribution >= 4 is 18.0 Å². The van der Waals surface area contributed by atoms with Gasteiger partial charge in [-0.1, -0.05) is 12.1 Å². The molecule has 142 valence electrons. The average Bonchev–Trinajstić information content (AvgIpc) is 3.11. The largest absolute Gasteiger partial charge is 0.494 e. The van der Waals surface area contributed by atoms with E-state index in [-0.39, 0.29) is 5.69 Å². The number of benzene rings is 1. The van der Waals surface area contributed by atoms with Gasteiger partial charge in [-0.2, -0.15) is 10.2 Å². The highest BCUT2D eigenvalue weighted by atomic mass is 16.5. The third kappa shape index (κ3) is 5.58. The fourth-order valence-corrected chi connectivity index (χ4v) is 2.77. The Labute approximate surface area is 159 Å². The molecule has 1 aliphatic rings. The van der Waals surface area contributed by atoms with Gasteiger partial charge in [-0.15, -0.1) is 0 Å². The SMILES string of the molecule is CCOc1ccc(/C=C/c2nc(C#N)c(NCCN3CCOCC3)o2)cc1. The van der Waals surface area contributed by atoms with Crippen molar-refractivity contribution in [3.63, 3.8) is 0 Å². The van der Waals surface area contributed by atoms with Crippen molar-refractivity contribution in [1.29, 1.82) is 5.26 Å². The molecule has 0 bridgehead atoms. The summed E-state index contributed by atoms with van der Waals surface area (Å²) in [5, 5.41) is 12.4. The summed E-state index contributed by atoms with van der Waals surface area (Å²) >= 11 is 0. The van der Waals surface area contributed by atoms with Gasteiger partial charge in [-0.05, 0) is 30.7 Å². The lowest BCUT2D eigenvalue weighted by atomic mass is 10.2. The normalized spacial score (nSPS) is 15.0. The lowest BCUT2D eigenvalue weighted by molar-refractivity contribution is 0.0398. The number of nitriles is 1. The second-order valence-corrected chi connectivity index (χ2v) is 6.06. The van der Waals surface area contributed by atoms with Crippen molar-refractivity contribution in [3.8, 4) is 11.8 Å². The van der Waals surface area contributed by atoms with Gasteiger partial charge < -0.3 is 19.2 Å². The van der Waals surface area contributed by atoms with E-state index >= 15 is 0 Å². The Bertz CT molecular complexity index is 787. The van der Waals surface area contributed by atoms with Crippen molar-refractivity contribution in [2.75, 3.05) is 51.3 Å².